The standard InChI is InChI=1S/C15H10Cl2N4O/c16-11-5-6-14-19-13(9-21(14)8-11)15(22)20-18-7-10-3-1-2-4-12(10)17/h1-9H,(H,20,22)/b18-7-. The number of nitrogens with zero attached hydrogens (tertiary/aromatic N) is 3. The van der Waals surface area contributed by atoms with Crippen molar-refractivity contribution in [2.45, 2.75) is 0 Å². The predicted octanol–water partition coefficient (Wildman–Crippen LogP) is 3.41. The Labute approximate surface area is 136 Å². The fourth-order valence-corrected chi connectivity index (χ4v) is 2.22. The molecule has 2 heterocycles. The number of pyridine rings is 1. The second-order valence-corrected chi connectivity index (χ2v) is 5.30. The summed E-state index contributed by atoms with van der Waals surface area (Å²) in [6, 6.07) is 10.6. The molecule has 7 heteroatoms. The highest BCUT2D eigenvalue weighted by molar-refractivity contribution is 6.33. The second-order valence-electron chi connectivity index (χ2n) is 4.46. The molecule has 3 aromatic rings. The number of rotatable bonds is 3. The van der Waals surface area contributed by atoms with Crippen LogP contribution in [-0.4, -0.2) is 21.5 Å². The Hall–Kier alpha value is -2.37. The van der Waals surface area contributed by atoms with E-state index in [0.29, 0.717) is 21.3 Å². The molecule has 0 saturated heterocycles. The van der Waals surface area contributed by atoms with Crippen LogP contribution in [0, 0.1) is 0 Å². The first-order valence-corrected chi connectivity index (χ1v) is 7.11. The normalized spacial score (nSPS) is 11.2. The second kappa shape index (κ2) is 6.17. The van der Waals surface area contributed by atoms with Crippen LogP contribution in [0.5, 0.6) is 0 Å². The first-order valence-electron chi connectivity index (χ1n) is 6.36. The van der Waals surface area contributed by atoms with E-state index >= 15 is 0 Å². The zero-order chi connectivity index (χ0) is 15.5. The highest BCUT2D eigenvalue weighted by atomic mass is 35.5. The van der Waals surface area contributed by atoms with Crippen LogP contribution in [0.4, 0.5) is 0 Å². The predicted molar refractivity (Wildman–Crippen MR) is 86.7 cm³/mol. The number of hydrazone groups is 1. The number of benzene rings is 1. The van der Waals surface area contributed by atoms with Gasteiger partial charge in [0.2, 0.25) is 0 Å². The minimum atomic E-state index is -0.414. The lowest BCUT2D eigenvalue weighted by Crippen LogP contribution is -2.17. The average molecular weight is 333 g/mol. The Morgan fingerprint density at radius 3 is 2.82 bits per heavy atom. The molecular formula is C15H10Cl2N4O. The molecule has 0 unspecified atom stereocenters. The van der Waals surface area contributed by atoms with Crippen LogP contribution < -0.4 is 5.43 Å². The average Bonchev–Trinajstić information content (AvgIpc) is 2.92. The maximum atomic E-state index is 12.0. The van der Waals surface area contributed by atoms with Crippen molar-refractivity contribution >= 4 is 41.0 Å². The fraction of sp³-hybridized carbons (Fsp3) is 0. The van der Waals surface area contributed by atoms with Crippen LogP contribution in [0.25, 0.3) is 5.65 Å². The fourth-order valence-electron chi connectivity index (χ4n) is 1.87. The molecule has 0 aliphatic heterocycles. The van der Waals surface area contributed by atoms with Crippen LogP contribution in [0.2, 0.25) is 10.0 Å². The zero-order valence-corrected chi connectivity index (χ0v) is 12.7. The quantitative estimate of drug-likeness (QED) is 0.590. The molecule has 0 bridgehead atoms. The third-order valence-corrected chi connectivity index (χ3v) is 3.49. The Morgan fingerprint density at radius 1 is 1.18 bits per heavy atom. The zero-order valence-electron chi connectivity index (χ0n) is 11.2. The lowest BCUT2D eigenvalue weighted by atomic mass is 10.2. The number of carbonyl (C=O) groups is 1. The number of imidazole rings is 1. The van der Waals surface area contributed by atoms with E-state index in [-0.39, 0.29) is 5.69 Å². The third kappa shape index (κ3) is 3.10. The van der Waals surface area contributed by atoms with Gasteiger partial charge in [0.1, 0.15) is 11.3 Å². The van der Waals surface area contributed by atoms with Gasteiger partial charge in [-0.2, -0.15) is 5.10 Å². The number of hydrogen-bond donors (Lipinski definition) is 1. The SMILES string of the molecule is O=C(N/N=C\c1ccccc1Cl)c1cn2cc(Cl)ccc2n1. The maximum Gasteiger partial charge on any atom is 0.291 e. The molecule has 22 heavy (non-hydrogen) atoms. The van der Waals surface area contributed by atoms with E-state index < -0.39 is 5.91 Å². The van der Waals surface area contributed by atoms with Gasteiger partial charge in [0.05, 0.1) is 11.2 Å². The summed E-state index contributed by atoms with van der Waals surface area (Å²) >= 11 is 11.9. The van der Waals surface area contributed by atoms with Gasteiger partial charge >= 0.3 is 0 Å². The molecule has 0 radical (unpaired) electrons. The van der Waals surface area contributed by atoms with Crippen LogP contribution >= 0.6 is 23.2 Å². The van der Waals surface area contributed by atoms with Crippen molar-refractivity contribution in [3.8, 4) is 0 Å². The Bertz CT molecular complexity index is 873. The van der Waals surface area contributed by atoms with E-state index in [1.54, 1.807) is 41.1 Å². The molecule has 1 amide bonds. The molecule has 0 saturated carbocycles. The number of halogens is 2. The number of aromatic nitrogens is 2. The van der Waals surface area contributed by atoms with E-state index in [2.05, 4.69) is 15.5 Å². The Morgan fingerprint density at radius 2 is 2.00 bits per heavy atom. The monoisotopic (exact) mass is 332 g/mol. The van der Waals surface area contributed by atoms with Crippen molar-refractivity contribution < 1.29 is 4.79 Å². The van der Waals surface area contributed by atoms with Crippen molar-refractivity contribution in [2.75, 3.05) is 0 Å². The molecule has 1 aromatic carbocycles. The van der Waals surface area contributed by atoms with Gasteiger partial charge in [-0.15, -0.1) is 0 Å². The van der Waals surface area contributed by atoms with E-state index in [0.717, 1.165) is 0 Å². The first-order chi connectivity index (χ1) is 10.6. The number of amides is 1. The molecule has 1 N–H and O–H groups in total. The minimum absolute atomic E-state index is 0.249. The van der Waals surface area contributed by atoms with Crippen molar-refractivity contribution in [1.82, 2.24) is 14.8 Å². The van der Waals surface area contributed by atoms with E-state index in [1.807, 2.05) is 12.1 Å². The van der Waals surface area contributed by atoms with Gasteiger partial charge in [-0.25, -0.2) is 10.4 Å². The smallest absolute Gasteiger partial charge is 0.291 e. The van der Waals surface area contributed by atoms with Crippen molar-refractivity contribution in [1.29, 1.82) is 0 Å². The minimum Gasteiger partial charge on any atom is -0.305 e. The molecule has 0 atom stereocenters. The summed E-state index contributed by atoms with van der Waals surface area (Å²) in [6.07, 6.45) is 4.74. The molecule has 0 fully saturated rings. The molecule has 2 aromatic heterocycles. The molecule has 5 nitrogen and oxygen atoms in total. The highest BCUT2D eigenvalue weighted by Crippen LogP contribution is 2.13. The number of nitrogens with one attached hydrogen (secondary N) is 1. The van der Waals surface area contributed by atoms with Crippen LogP contribution in [0.1, 0.15) is 16.1 Å². The van der Waals surface area contributed by atoms with Gasteiger partial charge in [0.25, 0.3) is 5.91 Å². The van der Waals surface area contributed by atoms with Gasteiger partial charge in [-0.3, -0.25) is 4.79 Å². The van der Waals surface area contributed by atoms with Crippen molar-refractivity contribution in [3.05, 3.63) is 70.1 Å². The number of carbonyl (C=O) groups excluding carboxylic acids is 1. The van der Waals surface area contributed by atoms with Gasteiger partial charge < -0.3 is 4.40 Å². The van der Waals surface area contributed by atoms with Gasteiger partial charge in [0.15, 0.2) is 0 Å². The lowest BCUT2D eigenvalue weighted by molar-refractivity contribution is 0.0951. The summed E-state index contributed by atoms with van der Waals surface area (Å²) < 4.78 is 1.68. The van der Waals surface area contributed by atoms with Crippen LogP contribution in [0.3, 0.4) is 0 Å². The number of fused-ring (bicyclic) bond motifs is 1. The summed E-state index contributed by atoms with van der Waals surface area (Å²) in [6.45, 7) is 0. The third-order valence-electron chi connectivity index (χ3n) is 2.92. The molecule has 3 rings (SSSR count). The van der Waals surface area contributed by atoms with E-state index in [9.17, 15) is 4.79 Å². The van der Waals surface area contributed by atoms with Crippen molar-refractivity contribution in [2.24, 2.45) is 5.10 Å². The first kappa shape index (κ1) is 14.6. The lowest BCUT2D eigenvalue weighted by Gasteiger charge is -1.97. The van der Waals surface area contributed by atoms with Crippen molar-refractivity contribution in [3.63, 3.8) is 0 Å². The molecule has 0 aliphatic carbocycles. The van der Waals surface area contributed by atoms with Gasteiger partial charge in [-0.1, -0.05) is 41.4 Å². The highest BCUT2D eigenvalue weighted by Gasteiger charge is 2.09. The Balaban J connectivity index is 1.75. The summed E-state index contributed by atoms with van der Waals surface area (Å²) in [5.41, 5.74) is 4.01. The Kier molecular flexibility index (Phi) is 4.09. The largest absolute Gasteiger partial charge is 0.305 e. The summed E-state index contributed by atoms with van der Waals surface area (Å²) in [7, 11) is 0. The maximum absolute atomic E-state index is 12.0. The van der Waals surface area contributed by atoms with Crippen LogP contribution in [0.15, 0.2) is 53.9 Å². The van der Waals surface area contributed by atoms with Gasteiger partial charge in [-0.05, 0) is 18.2 Å². The summed E-state index contributed by atoms with van der Waals surface area (Å²) in [4.78, 5) is 16.2. The molecular weight excluding hydrogens is 323 g/mol. The van der Waals surface area contributed by atoms with E-state index in [1.165, 1.54) is 6.21 Å². The topological polar surface area (TPSA) is 58.8 Å². The molecule has 110 valence electrons. The van der Waals surface area contributed by atoms with Gasteiger partial charge in [0, 0.05) is 23.0 Å². The van der Waals surface area contributed by atoms with Crippen LogP contribution in [-0.2, 0) is 0 Å². The molecule has 0 spiro atoms. The summed E-state index contributed by atoms with van der Waals surface area (Å²) in [5.74, 6) is -0.414. The summed E-state index contributed by atoms with van der Waals surface area (Å²) in [5, 5.41) is 5.00. The molecule has 0 aliphatic rings. The number of hydrogen-bond acceptors (Lipinski definition) is 3. The van der Waals surface area contributed by atoms with E-state index in [4.69, 9.17) is 23.2 Å².